The van der Waals surface area contributed by atoms with Gasteiger partial charge in [0.05, 0.1) is 5.54 Å². The van der Waals surface area contributed by atoms with E-state index in [0.717, 1.165) is 6.42 Å². The minimum Gasteiger partial charge on any atom is -0.362 e. The molecule has 0 bridgehead atoms. The summed E-state index contributed by atoms with van der Waals surface area (Å²) in [6, 6.07) is 3.46. The highest BCUT2D eigenvalue weighted by Crippen LogP contribution is 2.35. The molecule has 1 fully saturated rings. The molecular formula is C14H23N5O. The third-order valence-corrected chi connectivity index (χ3v) is 4.32. The number of hydrogen-bond acceptors (Lipinski definition) is 5. The van der Waals surface area contributed by atoms with E-state index in [0.29, 0.717) is 24.0 Å². The molecule has 0 radical (unpaired) electrons. The van der Waals surface area contributed by atoms with E-state index >= 15 is 0 Å². The summed E-state index contributed by atoms with van der Waals surface area (Å²) in [5.41, 5.74) is 6.21. The number of carbonyl (C=O) groups is 1. The Hall–Kier alpha value is -1.69. The molecule has 1 amide bonds. The average Bonchev–Trinajstić information content (AvgIpc) is 2.49. The number of nitrogens with two attached hydrogens (primary N) is 1. The largest absolute Gasteiger partial charge is 0.362 e. The highest BCUT2D eigenvalue weighted by atomic mass is 16.1. The molecule has 6 heteroatoms. The fraction of sp³-hybridized carbons (Fsp3) is 0.643. The quantitative estimate of drug-likeness (QED) is 0.768. The Labute approximate surface area is 119 Å². The molecule has 1 aromatic rings. The van der Waals surface area contributed by atoms with Crippen molar-refractivity contribution in [1.29, 1.82) is 0 Å². The summed E-state index contributed by atoms with van der Waals surface area (Å²) in [6.07, 6.45) is 4.65. The maximum atomic E-state index is 11.4. The molecule has 2 rings (SSSR count). The number of nitrogens with one attached hydrogen (secondary N) is 2. The van der Waals surface area contributed by atoms with Gasteiger partial charge in [0, 0.05) is 13.6 Å². The number of nitrogens with zero attached hydrogens (tertiary/aromatic N) is 2. The Morgan fingerprint density at radius 1 is 1.45 bits per heavy atom. The second-order valence-corrected chi connectivity index (χ2v) is 5.52. The molecule has 0 saturated heterocycles. The van der Waals surface area contributed by atoms with Crippen molar-refractivity contribution in [3.05, 3.63) is 17.8 Å². The number of hydrogen-bond donors (Lipinski definition) is 3. The zero-order valence-electron chi connectivity index (χ0n) is 12.1. The molecule has 2 unspecified atom stereocenters. The number of aromatic nitrogens is 2. The molecule has 1 aliphatic carbocycles. The second-order valence-electron chi connectivity index (χ2n) is 5.52. The van der Waals surface area contributed by atoms with Crippen molar-refractivity contribution in [2.45, 2.75) is 38.1 Å². The molecule has 0 aliphatic heterocycles. The fourth-order valence-corrected chi connectivity index (χ4v) is 2.86. The van der Waals surface area contributed by atoms with Gasteiger partial charge in [0.15, 0.2) is 5.69 Å². The highest BCUT2D eigenvalue weighted by molar-refractivity contribution is 5.91. The van der Waals surface area contributed by atoms with Crippen molar-refractivity contribution >= 4 is 11.7 Å². The molecule has 4 N–H and O–H groups in total. The number of anilines is 1. The van der Waals surface area contributed by atoms with Crippen molar-refractivity contribution in [3.8, 4) is 0 Å². The van der Waals surface area contributed by atoms with Crippen molar-refractivity contribution in [1.82, 2.24) is 15.5 Å². The summed E-state index contributed by atoms with van der Waals surface area (Å²) in [4.78, 5) is 11.4. The summed E-state index contributed by atoms with van der Waals surface area (Å²) >= 11 is 0. The standard InChI is InChI=1S/C14H23N5O/c1-10-5-3-4-8-14(10,9-15)17-12-7-6-11(18-19-12)13(20)16-2/h6-7,10H,3-5,8-9,15H2,1-2H3,(H,16,20)(H,17,19). The minimum atomic E-state index is -0.233. The lowest BCUT2D eigenvalue weighted by Crippen LogP contribution is -2.52. The molecule has 20 heavy (non-hydrogen) atoms. The van der Waals surface area contributed by atoms with Gasteiger partial charge in [-0.15, -0.1) is 10.2 Å². The Morgan fingerprint density at radius 2 is 2.25 bits per heavy atom. The predicted octanol–water partition coefficient (Wildman–Crippen LogP) is 1.16. The summed E-state index contributed by atoms with van der Waals surface area (Å²) < 4.78 is 0. The molecule has 0 aromatic carbocycles. The normalized spacial score (nSPS) is 26.1. The third kappa shape index (κ3) is 2.90. The van der Waals surface area contributed by atoms with Crippen molar-refractivity contribution in [2.24, 2.45) is 11.7 Å². The number of amides is 1. The van der Waals surface area contributed by atoms with Gasteiger partial charge in [0.1, 0.15) is 5.82 Å². The zero-order chi connectivity index (χ0) is 14.6. The predicted molar refractivity (Wildman–Crippen MR) is 78.5 cm³/mol. The second kappa shape index (κ2) is 6.17. The van der Waals surface area contributed by atoms with Crippen LogP contribution in [0.4, 0.5) is 5.82 Å². The average molecular weight is 277 g/mol. The van der Waals surface area contributed by atoms with Gasteiger partial charge in [-0.05, 0) is 30.9 Å². The maximum Gasteiger partial charge on any atom is 0.271 e. The Balaban J connectivity index is 2.13. The summed E-state index contributed by atoms with van der Waals surface area (Å²) in [7, 11) is 1.57. The van der Waals surface area contributed by atoms with E-state index in [9.17, 15) is 4.79 Å². The maximum absolute atomic E-state index is 11.4. The molecular weight excluding hydrogens is 254 g/mol. The van der Waals surface area contributed by atoms with Gasteiger partial charge in [-0.2, -0.15) is 0 Å². The Kier molecular flexibility index (Phi) is 4.54. The van der Waals surface area contributed by atoms with E-state index in [4.69, 9.17) is 5.73 Å². The Bertz CT molecular complexity index is 461. The van der Waals surface area contributed by atoms with Crippen LogP contribution in [0.3, 0.4) is 0 Å². The smallest absolute Gasteiger partial charge is 0.271 e. The van der Waals surface area contributed by atoms with Crippen LogP contribution in [0.25, 0.3) is 0 Å². The van der Waals surface area contributed by atoms with Crippen LogP contribution in [-0.4, -0.2) is 35.2 Å². The van der Waals surface area contributed by atoms with E-state index < -0.39 is 0 Å². The molecule has 110 valence electrons. The summed E-state index contributed by atoms with van der Waals surface area (Å²) in [5.74, 6) is 0.946. The molecule has 1 saturated carbocycles. The van der Waals surface area contributed by atoms with Crippen molar-refractivity contribution in [3.63, 3.8) is 0 Å². The summed E-state index contributed by atoms with van der Waals surface area (Å²) in [5, 5.41) is 14.0. The number of rotatable bonds is 4. The van der Waals surface area contributed by atoms with Crippen LogP contribution in [0, 0.1) is 5.92 Å². The number of carbonyl (C=O) groups excluding carboxylic acids is 1. The first kappa shape index (κ1) is 14.7. The first-order valence-electron chi connectivity index (χ1n) is 7.15. The van der Waals surface area contributed by atoms with Crippen LogP contribution in [-0.2, 0) is 0 Å². The monoisotopic (exact) mass is 277 g/mol. The van der Waals surface area contributed by atoms with Gasteiger partial charge in [-0.1, -0.05) is 19.8 Å². The topological polar surface area (TPSA) is 92.9 Å². The lowest BCUT2D eigenvalue weighted by molar-refractivity contribution is 0.0957. The van der Waals surface area contributed by atoms with Gasteiger partial charge >= 0.3 is 0 Å². The van der Waals surface area contributed by atoms with Crippen LogP contribution < -0.4 is 16.4 Å². The highest BCUT2D eigenvalue weighted by Gasteiger charge is 2.37. The molecule has 1 heterocycles. The molecule has 1 aliphatic rings. The lowest BCUT2D eigenvalue weighted by atomic mass is 9.73. The van der Waals surface area contributed by atoms with Gasteiger partial charge < -0.3 is 16.4 Å². The van der Waals surface area contributed by atoms with Gasteiger partial charge in [-0.3, -0.25) is 4.79 Å². The van der Waals surface area contributed by atoms with Crippen LogP contribution >= 0.6 is 0 Å². The van der Waals surface area contributed by atoms with E-state index in [1.54, 1.807) is 19.2 Å². The van der Waals surface area contributed by atoms with Gasteiger partial charge in [0.2, 0.25) is 0 Å². The summed E-state index contributed by atoms with van der Waals surface area (Å²) in [6.45, 7) is 2.80. The van der Waals surface area contributed by atoms with E-state index in [2.05, 4.69) is 27.8 Å². The first-order valence-corrected chi connectivity index (χ1v) is 7.15. The molecule has 2 atom stereocenters. The van der Waals surface area contributed by atoms with Crippen LogP contribution in [0.1, 0.15) is 43.1 Å². The molecule has 0 spiro atoms. The molecule has 6 nitrogen and oxygen atoms in total. The first-order chi connectivity index (χ1) is 9.61. The van der Waals surface area contributed by atoms with Crippen LogP contribution in [0.15, 0.2) is 12.1 Å². The lowest BCUT2D eigenvalue weighted by Gasteiger charge is -2.42. The van der Waals surface area contributed by atoms with Crippen molar-refractivity contribution in [2.75, 3.05) is 18.9 Å². The minimum absolute atomic E-state index is 0.110. The third-order valence-electron chi connectivity index (χ3n) is 4.32. The van der Waals surface area contributed by atoms with Gasteiger partial charge in [-0.25, -0.2) is 0 Å². The SMILES string of the molecule is CNC(=O)c1ccc(NC2(CN)CCCCC2C)nn1. The fourth-order valence-electron chi connectivity index (χ4n) is 2.86. The van der Waals surface area contributed by atoms with Gasteiger partial charge in [0.25, 0.3) is 5.91 Å². The van der Waals surface area contributed by atoms with Crippen LogP contribution in [0.2, 0.25) is 0 Å². The molecule has 1 aromatic heterocycles. The Morgan fingerprint density at radius 3 is 2.80 bits per heavy atom. The van der Waals surface area contributed by atoms with E-state index in [1.807, 2.05) is 0 Å². The van der Waals surface area contributed by atoms with Crippen molar-refractivity contribution < 1.29 is 4.79 Å². The van der Waals surface area contributed by atoms with Crippen LogP contribution in [0.5, 0.6) is 0 Å². The van der Waals surface area contributed by atoms with E-state index in [-0.39, 0.29) is 11.4 Å². The zero-order valence-corrected chi connectivity index (χ0v) is 12.1. The van der Waals surface area contributed by atoms with E-state index in [1.165, 1.54) is 19.3 Å².